The fourth-order valence-electron chi connectivity index (χ4n) is 5.34. The Balaban J connectivity index is 1.75. The van der Waals surface area contributed by atoms with Gasteiger partial charge in [-0.25, -0.2) is 8.42 Å². The normalized spacial score (nSPS) is 14.4. The summed E-state index contributed by atoms with van der Waals surface area (Å²) in [5, 5.41) is 3.49. The highest BCUT2D eigenvalue weighted by Crippen LogP contribution is 2.30. The first kappa shape index (κ1) is 30.6. The Labute approximate surface area is 248 Å². The summed E-state index contributed by atoms with van der Waals surface area (Å²) < 4.78 is 29.1. The molecule has 218 valence electrons. The molecule has 9 heteroatoms. The van der Waals surface area contributed by atoms with Gasteiger partial charge >= 0.3 is 0 Å². The second-order valence-electron chi connectivity index (χ2n) is 10.6. The Hall–Kier alpha value is -3.36. The first-order valence-corrected chi connectivity index (χ1v) is 15.9. The second kappa shape index (κ2) is 13.5. The van der Waals surface area contributed by atoms with Gasteiger partial charge in [-0.15, -0.1) is 0 Å². The van der Waals surface area contributed by atoms with E-state index in [1.165, 1.54) is 17.0 Å². The Morgan fingerprint density at radius 1 is 0.951 bits per heavy atom. The van der Waals surface area contributed by atoms with Crippen LogP contribution >= 0.6 is 11.6 Å². The van der Waals surface area contributed by atoms with Crippen LogP contribution in [0.4, 0.5) is 5.69 Å². The van der Waals surface area contributed by atoms with E-state index in [2.05, 4.69) is 5.32 Å². The fourth-order valence-corrected chi connectivity index (χ4v) is 7.00. The third-order valence-electron chi connectivity index (χ3n) is 7.74. The number of sulfonamides is 1. The minimum absolute atomic E-state index is 0.0589. The molecule has 0 radical (unpaired) electrons. The maximum atomic E-state index is 14.3. The molecule has 41 heavy (non-hydrogen) atoms. The topological polar surface area (TPSA) is 86.8 Å². The predicted octanol–water partition coefficient (Wildman–Crippen LogP) is 6.02. The zero-order valence-corrected chi connectivity index (χ0v) is 25.4. The fraction of sp³-hybridized carbons (Fsp3) is 0.375. The third kappa shape index (κ3) is 7.29. The first-order valence-electron chi connectivity index (χ1n) is 14.1. The number of nitrogens with one attached hydrogen (secondary N) is 1. The van der Waals surface area contributed by atoms with Crippen LogP contribution < -0.4 is 9.62 Å². The van der Waals surface area contributed by atoms with Crippen LogP contribution in [0.2, 0.25) is 5.02 Å². The zero-order chi connectivity index (χ0) is 29.6. The molecule has 0 heterocycles. The van der Waals surface area contributed by atoms with Crippen molar-refractivity contribution in [3.05, 3.63) is 94.5 Å². The molecule has 4 rings (SSSR count). The van der Waals surface area contributed by atoms with Crippen molar-refractivity contribution in [3.8, 4) is 0 Å². The summed E-state index contributed by atoms with van der Waals surface area (Å²) in [6.07, 6.45) is 4.37. The van der Waals surface area contributed by atoms with E-state index in [0.717, 1.165) is 41.1 Å². The quantitative estimate of drug-likeness (QED) is 0.294. The van der Waals surface area contributed by atoms with Crippen molar-refractivity contribution in [2.24, 2.45) is 0 Å². The molecule has 0 aromatic heterocycles. The van der Waals surface area contributed by atoms with Crippen molar-refractivity contribution < 1.29 is 18.0 Å². The molecule has 0 spiro atoms. The molecule has 0 unspecified atom stereocenters. The lowest BCUT2D eigenvalue weighted by atomic mass is 10.1. The number of carbonyl (C=O) groups is 2. The summed E-state index contributed by atoms with van der Waals surface area (Å²) in [5.41, 5.74) is 2.84. The highest BCUT2D eigenvalue weighted by Gasteiger charge is 2.35. The lowest BCUT2D eigenvalue weighted by Crippen LogP contribution is -2.53. The van der Waals surface area contributed by atoms with Gasteiger partial charge in [0, 0.05) is 17.6 Å². The SMILES string of the molecule is CC[C@@H](C(=O)NC1CCCC1)N(Cc1ccccc1C)C(=O)CN(c1cc(Cl)ccc1C)S(=O)(=O)c1ccccc1. The summed E-state index contributed by atoms with van der Waals surface area (Å²) in [6.45, 7) is 5.29. The number of benzene rings is 3. The van der Waals surface area contributed by atoms with Gasteiger partial charge in [-0.3, -0.25) is 13.9 Å². The third-order valence-corrected chi connectivity index (χ3v) is 9.75. The zero-order valence-electron chi connectivity index (χ0n) is 23.8. The standard InChI is InChI=1S/C32H38ClN3O4S/c1-4-29(32(38)34-27-14-10-11-15-27)35(21-25-13-9-8-12-23(25)2)31(37)22-36(30-20-26(33)19-18-24(30)3)41(39,40)28-16-6-5-7-17-28/h5-9,12-13,16-20,27,29H,4,10-11,14-15,21-22H2,1-3H3,(H,34,38)/t29-/m0/s1. The van der Waals surface area contributed by atoms with Crippen LogP contribution in [-0.4, -0.2) is 43.8 Å². The van der Waals surface area contributed by atoms with E-state index in [1.807, 2.05) is 38.1 Å². The van der Waals surface area contributed by atoms with Crippen molar-refractivity contribution >= 4 is 39.1 Å². The van der Waals surface area contributed by atoms with Gasteiger partial charge in [-0.1, -0.05) is 79.9 Å². The summed E-state index contributed by atoms with van der Waals surface area (Å²) >= 11 is 6.31. The predicted molar refractivity (Wildman–Crippen MR) is 163 cm³/mol. The molecule has 0 saturated heterocycles. The largest absolute Gasteiger partial charge is 0.352 e. The van der Waals surface area contributed by atoms with Crippen LogP contribution in [0.1, 0.15) is 55.7 Å². The van der Waals surface area contributed by atoms with E-state index in [0.29, 0.717) is 22.7 Å². The van der Waals surface area contributed by atoms with Crippen LogP contribution in [0.5, 0.6) is 0 Å². The van der Waals surface area contributed by atoms with E-state index >= 15 is 0 Å². The Morgan fingerprint density at radius 2 is 1.61 bits per heavy atom. The van der Waals surface area contributed by atoms with Gasteiger partial charge in [0.15, 0.2) is 0 Å². The molecule has 1 aliphatic rings. The van der Waals surface area contributed by atoms with Crippen LogP contribution in [0, 0.1) is 13.8 Å². The smallest absolute Gasteiger partial charge is 0.264 e. The van der Waals surface area contributed by atoms with Gasteiger partial charge in [0.2, 0.25) is 11.8 Å². The molecule has 1 aliphatic carbocycles. The average Bonchev–Trinajstić information content (AvgIpc) is 3.47. The minimum atomic E-state index is -4.15. The van der Waals surface area contributed by atoms with Crippen LogP contribution in [0.25, 0.3) is 0 Å². The maximum absolute atomic E-state index is 14.3. The number of hydrogen-bond donors (Lipinski definition) is 1. The molecule has 7 nitrogen and oxygen atoms in total. The van der Waals surface area contributed by atoms with E-state index in [9.17, 15) is 18.0 Å². The number of aryl methyl sites for hydroxylation is 2. The average molecular weight is 596 g/mol. The molecular weight excluding hydrogens is 558 g/mol. The molecule has 1 saturated carbocycles. The summed E-state index contributed by atoms with van der Waals surface area (Å²) in [5.74, 6) is -0.682. The van der Waals surface area contributed by atoms with E-state index < -0.39 is 28.5 Å². The molecule has 1 fully saturated rings. The van der Waals surface area contributed by atoms with E-state index in [4.69, 9.17) is 11.6 Å². The number of amides is 2. The summed E-state index contributed by atoms with van der Waals surface area (Å²) in [4.78, 5) is 29.4. The van der Waals surface area contributed by atoms with Crippen LogP contribution in [-0.2, 0) is 26.2 Å². The van der Waals surface area contributed by atoms with Gasteiger partial charge in [-0.05, 0) is 74.1 Å². The Kier molecular flexibility index (Phi) is 10.1. The van der Waals surface area contributed by atoms with E-state index in [-0.39, 0.29) is 23.4 Å². The van der Waals surface area contributed by atoms with Crippen LogP contribution in [0.3, 0.4) is 0 Å². The molecule has 3 aromatic rings. The molecular formula is C32H38ClN3O4S. The second-order valence-corrected chi connectivity index (χ2v) is 12.9. The molecule has 3 aromatic carbocycles. The van der Waals surface area contributed by atoms with E-state index in [1.54, 1.807) is 43.3 Å². The van der Waals surface area contributed by atoms with Gasteiger partial charge in [0.1, 0.15) is 12.6 Å². The first-order chi connectivity index (χ1) is 19.6. The van der Waals surface area contributed by atoms with Crippen molar-refractivity contribution in [2.45, 2.75) is 76.4 Å². The number of rotatable bonds is 11. The molecule has 1 N–H and O–H groups in total. The highest BCUT2D eigenvalue weighted by molar-refractivity contribution is 7.92. The lowest BCUT2D eigenvalue weighted by molar-refractivity contribution is -0.140. The van der Waals surface area contributed by atoms with Gasteiger partial charge < -0.3 is 10.2 Å². The minimum Gasteiger partial charge on any atom is -0.352 e. The Bertz CT molecular complexity index is 1470. The molecule has 2 amide bonds. The highest BCUT2D eigenvalue weighted by atomic mass is 35.5. The van der Waals surface area contributed by atoms with Gasteiger partial charge in [0.25, 0.3) is 10.0 Å². The monoisotopic (exact) mass is 595 g/mol. The number of carbonyl (C=O) groups excluding carboxylic acids is 2. The van der Waals surface area contributed by atoms with Gasteiger partial charge in [-0.2, -0.15) is 0 Å². The number of hydrogen-bond acceptors (Lipinski definition) is 4. The summed E-state index contributed by atoms with van der Waals surface area (Å²) in [6, 6.07) is 20.0. The van der Waals surface area contributed by atoms with Crippen molar-refractivity contribution in [2.75, 3.05) is 10.8 Å². The molecule has 1 atom stereocenters. The van der Waals surface area contributed by atoms with Crippen molar-refractivity contribution in [1.82, 2.24) is 10.2 Å². The Morgan fingerprint density at radius 3 is 2.27 bits per heavy atom. The van der Waals surface area contributed by atoms with Crippen LogP contribution in [0.15, 0.2) is 77.7 Å². The summed E-state index contributed by atoms with van der Waals surface area (Å²) in [7, 11) is -4.15. The van der Waals surface area contributed by atoms with Gasteiger partial charge in [0.05, 0.1) is 10.6 Å². The lowest BCUT2D eigenvalue weighted by Gasteiger charge is -2.34. The maximum Gasteiger partial charge on any atom is 0.264 e. The number of nitrogens with zero attached hydrogens (tertiary/aromatic N) is 2. The number of halogens is 1. The molecule has 0 bridgehead atoms. The molecule has 0 aliphatic heterocycles. The van der Waals surface area contributed by atoms with Crippen molar-refractivity contribution in [1.29, 1.82) is 0 Å². The number of anilines is 1. The van der Waals surface area contributed by atoms with Crippen molar-refractivity contribution in [3.63, 3.8) is 0 Å².